The van der Waals surface area contributed by atoms with Crippen molar-refractivity contribution in [3.05, 3.63) is 64.7 Å². The molecule has 0 fully saturated rings. The van der Waals surface area contributed by atoms with Gasteiger partial charge in [-0.05, 0) is 29.3 Å². The molecule has 0 saturated heterocycles. The maximum absolute atomic E-state index is 10.6. The van der Waals surface area contributed by atoms with Gasteiger partial charge in [-0.3, -0.25) is 4.79 Å². The minimum atomic E-state index is -0.809. The largest absolute Gasteiger partial charge is 0.481 e. The smallest absolute Gasteiger partial charge is 0.307 e. The lowest BCUT2D eigenvalue weighted by molar-refractivity contribution is -0.136. The predicted octanol–water partition coefficient (Wildman–Crippen LogP) is 4.26. The number of hydrogen-bond donors (Lipinski definition) is 1. The maximum Gasteiger partial charge on any atom is 0.307 e. The molecule has 0 spiro atoms. The van der Waals surface area contributed by atoms with E-state index in [9.17, 15) is 4.79 Å². The van der Waals surface area contributed by atoms with Gasteiger partial charge in [-0.2, -0.15) is 0 Å². The van der Waals surface area contributed by atoms with Gasteiger partial charge < -0.3 is 5.11 Å². The molecule has 2 rings (SSSR count). The Bertz CT molecular complexity index is 567. The second kappa shape index (κ2) is 6.64. The first-order valence-electron chi connectivity index (χ1n) is 5.82. The van der Waals surface area contributed by atoms with Crippen LogP contribution >= 0.6 is 23.4 Å². The summed E-state index contributed by atoms with van der Waals surface area (Å²) in [6.07, 6.45) is 0.0649. The van der Waals surface area contributed by atoms with E-state index < -0.39 is 5.97 Å². The molecule has 0 bridgehead atoms. The molecule has 2 aromatic rings. The normalized spacial score (nSPS) is 10.4. The van der Waals surface area contributed by atoms with Crippen LogP contribution in [0.1, 0.15) is 11.1 Å². The molecule has 0 heterocycles. The van der Waals surface area contributed by atoms with Crippen molar-refractivity contribution >= 4 is 29.3 Å². The molecule has 1 N–H and O–H groups in total. The van der Waals surface area contributed by atoms with Crippen LogP contribution in [0.15, 0.2) is 53.4 Å². The maximum atomic E-state index is 10.6. The average molecular weight is 293 g/mol. The Morgan fingerprint density at radius 2 is 1.79 bits per heavy atom. The zero-order valence-corrected chi connectivity index (χ0v) is 11.7. The van der Waals surface area contributed by atoms with E-state index in [2.05, 4.69) is 0 Å². The van der Waals surface area contributed by atoms with Crippen LogP contribution in [0.4, 0.5) is 0 Å². The molecule has 2 nitrogen and oxygen atoms in total. The van der Waals surface area contributed by atoms with Crippen molar-refractivity contribution in [1.29, 1.82) is 0 Å². The van der Waals surface area contributed by atoms with Gasteiger partial charge in [0.15, 0.2) is 0 Å². The number of carboxylic acids is 1. The van der Waals surface area contributed by atoms with E-state index in [1.807, 2.05) is 48.5 Å². The molecule has 0 radical (unpaired) electrons. The van der Waals surface area contributed by atoms with E-state index in [4.69, 9.17) is 16.7 Å². The minimum absolute atomic E-state index is 0.0649. The summed E-state index contributed by atoms with van der Waals surface area (Å²) in [7, 11) is 0. The summed E-state index contributed by atoms with van der Waals surface area (Å²) >= 11 is 7.78. The van der Waals surface area contributed by atoms with Crippen molar-refractivity contribution in [2.75, 3.05) is 0 Å². The number of benzene rings is 2. The van der Waals surface area contributed by atoms with Crippen LogP contribution < -0.4 is 0 Å². The molecule has 0 atom stereocenters. The summed E-state index contributed by atoms with van der Waals surface area (Å²) in [5.74, 6) is -0.00530. The Hall–Kier alpha value is -1.45. The van der Waals surface area contributed by atoms with Gasteiger partial charge in [0.05, 0.1) is 6.42 Å². The van der Waals surface area contributed by atoms with Gasteiger partial charge >= 0.3 is 5.97 Å². The number of rotatable bonds is 5. The zero-order valence-electron chi connectivity index (χ0n) is 10.2. The van der Waals surface area contributed by atoms with Gasteiger partial charge in [0, 0.05) is 15.7 Å². The van der Waals surface area contributed by atoms with Crippen LogP contribution in [-0.4, -0.2) is 11.1 Å². The lowest BCUT2D eigenvalue weighted by Crippen LogP contribution is -1.99. The molecule has 0 aliphatic rings. The molecule has 0 amide bonds. The van der Waals surface area contributed by atoms with Crippen LogP contribution in [0.5, 0.6) is 0 Å². The topological polar surface area (TPSA) is 37.3 Å². The summed E-state index contributed by atoms with van der Waals surface area (Å²) in [6.45, 7) is 0. The van der Waals surface area contributed by atoms with Crippen LogP contribution in [0.2, 0.25) is 5.02 Å². The van der Waals surface area contributed by atoms with Gasteiger partial charge in [-0.15, -0.1) is 11.8 Å². The Kier molecular flexibility index (Phi) is 4.88. The number of thioether (sulfide) groups is 1. The molecule has 0 aliphatic heterocycles. The molecule has 98 valence electrons. The Balaban J connectivity index is 1.97. The van der Waals surface area contributed by atoms with Crippen LogP contribution in [0.25, 0.3) is 0 Å². The lowest BCUT2D eigenvalue weighted by Gasteiger charge is -2.05. The summed E-state index contributed by atoms with van der Waals surface area (Å²) in [5.41, 5.74) is 1.92. The first-order chi connectivity index (χ1) is 9.15. The fraction of sp³-hybridized carbons (Fsp3) is 0.133. The van der Waals surface area contributed by atoms with Crippen molar-refractivity contribution in [2.24, 2.45) is 0 Å². The molecule has 0 aromatic heterocycles. The van der Waals surface area contributed by atoms with E-state index in [0.717, 1.165) is 26.8 Å². The molecule has 0 unspecified atom stereocenters. The number of carboxylic acid groups (broad SMARTS) is 1. The second-order valence-electron chi connectivity index (χ2n) is 4.09. The predicted molar refractivity (Wildman–Crippen MR) is 78.8 cm³/mol. The number of aliphatic carboxylic acids is 1. The minimum Gasteiger partial charge on any atom is -0.481 e. The van der Waals surface area contributed by atoms with Gasteiger partial charge in [0.2, 0.25) is 0 Å². The van der Waals surface area contributed by atoms with E-state index in [1.165, 1.54) is 0 Å². The molecular weight excluding hydrogens is 280 g/mol. The van der Waals surface area contributed by atoms with Crippen molar-refractivity contribution in [3.63, 3.8) is 0 Å². The monoisotopic (exact) mass is 292 g/mol. The van der Waals surface area contributed by atoms with Crippen LogP contribution in [-0.2, 0) is 17.0 Å². The Morgan fingerprint density at radius 3 is 2.42 bits per heavy atom. The highest BCUT2D eigenvalue weighted by Crippen LogP contribution is 2.26. The molecule has 0 aliphatic carbocycles. The first-order valence-corrected chi connectivity index (χ1v) is 7.18. The quantitative estimate of drug-likeness (QED) is 0.837. The fourth-order valence-corrected chi connectivity index (χ4v) is 2.84. The highest BCUT2D eigenvalue weighted by molar-refractivity contribution is 7.98. The van der Waals surface area contributed by atoms with Gasteiger partial charge in [-0.1, -0.05) is 41.9 Å². The summed E-state index contributed by atoms with van der Waals surface area (Å²) in [5, 5.41) is 9.47. The van der Waals surface area contributed by atoms with E-state index >= 15 is 0 Å². The number of carbonyl (C=O) groups is 1. The van der Waals surface area contributed by atoms with Gasteiger partial charge in [0.25, 0.3) is 0 Å². The van der Waals surface area contributed by atoms with Crippen molar-refractivity contribution in [2.45, 2.75) is 17.1 Å². The van der Waals surface area contributed by atoms with Crippen molar-refractivity contribution < 1.29 is 9.90 Å². The van der Waals surface area contributed by atoms with E-state index in [-0.39, 0.29) is 6.42 Å². The fourth-order valence-electron chi connectivity index (χ4n) is 1.65. The Morgan fingerprint density at radius 1 is 1.11 bits per heavy atom. The number of hydrogen-bond acceptors (Lipinski definition) is 2. The number of halogens is 1. The highest BCUT2D eigenvalue weighted by Gasteiger charge is 2.02. The average Bonchev–Trinajstić information content (AvgIpc) is 2.39. The first kappa shape index (κ1) is 14.0. The van der Waals surface area contributed by atoms with Gasteiger partial charge in [-0.25, -0.2) is 0 Å². The molecule has 0 saturated carbocycles. The summed E-state index contributed by atoms with van der Waals surface area (Å²) < 4.78 is 0. The molecule has 2 aromatic carbocycles. The van der Waals surface area contributed by atoms with Crippen molar-refractivity contribution in [1.82, 2.24) is 0 Å². The van der Waals surface area contributed by atoms with Crippen molar-refractivity contribution in [3.8, 4) is 0 Å². The third-order valence-corrected chi connectivity index (χ3v) is 4.06. The standard InChI is InChI=1S/C15H13ClO2S/c16-14-4-2-1-3-12(14)10-19-13-7-5-11(6-8-13)9-15(17)18/h1-8H,9-10H2,(H,17,18). The third-order valence-electron chi connectivity index (χ3n) is 2.63. The van der Waals surface area contributed by atoms with E-state index in [1.54, 1.807) is 11.8 Å². The molecule has 19 heavy (non-hydrogen) atoms. The highest BCUT2D eigenvalue weighted by atomic mass is 35.5. The summed E-state index contributed by atoms with van der Waals surface area (Å²) in [4.78, 5) is 11.7. The second-order valence-corrected chi connectivity index (χ2v) is 5.55. The molecular formula is C15H13ClO2S. The van der Waals surface area contributed by atoms with Gasteiger partial charge in [0.1, 0.15) is 0 Å². The van der Waals surface area contributed by atoms with Crippen LogP contribution in [0.3, 0.4) is 0 Å². The zero-order chi connectivity index (χ0) is 13.7. The summed E-state index contributed by atoms with van der Waals surface area (Å²) in [6, 6.07) is 15.4. The molecule has 4 heteroatoms. The third kappa shape index (κ3) is 4.30. The SMILES string of the molecule is O=C(O)Cc1ccc(SCc2ccccc2Cl)cc1. The van der Waals surface area contributed by atoms with E-state index in [0.29, 0.717) is 0 Å². The lowest BCUT2D eigenvalue weighted by atomic mass is 10.2. The Labute approximate surface area is 121 Å². The van der Waals surface area contributed by atoms with Crippen LogP contribution in [0, 0.1) is 0 Å².